The van der Waals surface area contributed by atoms with Crippen molar-refractivity contribution in [2.24, 2.45) is 0 Å². The standard InChI is InChI=1S/C15H13N3O3S3/c1-10-8-11(9-23-10)14(19)17-12-2-4-13(5-3-12)24(20,21)18-15-16-6-7-22-15/h2-9H,1H3,(H,16,18)(H,17,19). The number of thiazole rings is 1. The Morgan fingerprint density at radius 2 is 1.92 bits per heavy atom. The number of sulfonamides is 1. The number of benzene rings is 1. The van der Waals surface area contributed by atoms with Gasteiger partial charge in [-0.1, -0.05) is 0 Å². The number of carbonyl (C=O) groups is 1. The van der Waals surface area contributed by atoms with E-state index in [2.05, 4.69) is 15.0 Å². The molecule has 3 rings (SSSR count). The molecule has 0 saturated heterocycles. The first kappa shape index (κ1) is 16.6. The summed E-state index contributed by atoms with van der Waals surface area (Å²) in [6, 6.07) is 7.77. The Labute approximate surface area is 147 Å². The highest BCUT2D eigenvalue weighted by molar-refractivity contribution is 7.93. The van der Waals surface area contributed by atoms with E-state index in [1.807, 2.05) is 6.92 Å². The van der Waals surface area contributed by atoms with E-state index < -0.39 is 10.0 Å². The van der Waals surface area contributed by atoms with Gasteiger partial charge in [-0.05, 0) is 37.3 Å². The molecule has 0 radical (unpaired) electrons. The summed E-state index contributed by atoms with van der Waals surface area (Å²) < 4.78 is 26.9. The van der Waals surface area contributed by atoms with Crippen LogP contribution in [0.1, 0.15) is 15.2 Å². The monoisotopic (exact) mass is 379 g/mol. The topological polar surface area (TPSA) is 88.2 Å². The first-order valence-electron chi connectivity index (χ1n) is 6.83. The number of amides is 1. The third kappa shape index (κ3) is 3.81. The molecule has 1 amide bonds. The third-order valence-electron chi connectivity index (χ3n) is 3.07. The highest BCUT2D eigenvalue weighted by Crippen LogP contribution is 2.20. The van der Waals surface area contributed by atoms with E-state index in [1.165, 1.54) is 41.0 Å². The second-order valence-corrected chi connectivity index (χ2v) is 8.56. The van der Waals surface area contributed by atoms with Gasteiger partial charge in [0, 0.05) is 27.5 Å². The third-order valence-corrected chi connectivity index (χ3v) is 6.10. The molecule has 24 heavy (non-hydrogen) atoms. The van der Waals surface area contributed by atoms with E-state index >= 15 is 0 Å². The van der Waals surface area contributed by atoms with E-state index in [1.54, 1.807) is 29.0 Å². The fourth-order valence-corrected chi connectivity index (χ4v) is 4.40. The average molecular weight is 379 g/mol. The van der Waals surface area contributed by atoms with E-state index in [0.717, 1.165) is 4.88 Å². The van der Waals surface area contributed by atoms with Crippen molar-refractivity contribution in [2.75, 3.05) is 10.0 Å². The number of thiophene rings is 1. The van der Waals surface area contributed by atoms with Crippen LogP contribution in [0.5, 0.6) is 0 Å². The Hall–Kier alpha value is -2.23. The molecule has 0 unspecified atom stereocenters. The number of carbonyl (C=O) groups excluding carboxylic acids is 1. The molecule has 124 valence electrons. The molecular formula is C15H13N3O3S3. The van der Waals surface area contributed by atoms with Crippen LogP contribution in [0.4, 0.5) is 10.8 Å². The van der Waals surface area contributed by atoms with Crippen molar-refractivity contribution in [1.29, 1.82) is 0 Å². The van der Waals surface area contributed by atoms with Gasteiger partial charge in [-0.15, -0.1) is 22.7 Å². The summed E-state index contributed by atoms with van der Waals surface area (Å²) in [5.74, 6) is -0.226. The minimum Gasteiger partial charge on any atom is -0.322 e. The molecule has 1 aromatic carbocycles. The van der Waals surface area contributed by atoms with Crippen LogP contribution in [-0.2, 0) is 10.0 Å². The number of aryl methyl sites for hydroxylation is 1. The van der Waals surface area contributed by atoms with Gasteiger partial charge in [0.2, 0.25) is 0 Å². The number of rotatable bonds is 5. The van der Waals surface area contributed by atoms with Crippen LogP contribution < -0.4 is 10.0 Å². The highest BCUT2D eigenvalue weighted by atomic mass is 32.2. The van der Waals surface area contributed by atoms with Crippen LogP contribution in [0.2, 0.25) is 0 Å². The molecule has 0 aliphatic heterocycles. The first-order valence-corrected chi connectivity index (χ1v) is 10.1. The second kappa shape index (κ2) is 6.71. The number of hydrogen-bond donors (Lipinski definition) is 2. The average Bonchev–Trinajstić information content (AvgIpc) is 3.19. The van der Waals surface area contributed by atoms with Crippen molar-refractivity contribution in [3.8, 4) is 0 Å². The molecule has 0 aliphatic rings. The maximum Gasteiger partial charge on any atom is 0.263 e. The van der Waals surface area contributed by atoms with Crippen molar-refractivity contribution >= 4 is 49.4 Å². The van der Waals surface area contributed by atoms with Gasteiger partial charge in [0.15, 0.2) is 5.13 Å². The summed E-state index contributed by atoms with van der Waals surface area (Å²) >= 11 is 2.70. The zero-order valence-corrected chi connectivity index (χ0v) is 15.0. The number of nitrogens with one attached hydrogen (secondary N) is 2. The van der Waals surface area contributed by atoms with Crippen LogP contribution in [-0.4, -0.2) is 19.3 Å². The summed E-state index contributed by atoms with van der Waals surface area (Å²) in [5, 5.41) is 6.51. The minimum atomic E-state index is -3.69. The molecule has 0 spiro atoms. The van der Waals surface area contributed by atoms with Gasteiger partial charge < -0.3 is 5.32 Å². The lowest BCUT2D eigenvalue weighted by molar-refractivity contribution is 0.102. The van der Waals surface area contributed by atoms with Gasteiger partial charge >= 0.3 is 0 Å². The van der Waals surface area contributed by atoms with Crippen molar-refractivity contribution in [3.05, 3.63) is 57.7 Å². The smallest absolute Gasteiger partial charge is 0.263 e. The first-order chi connectivity index (χ1) is 11.4. The normalized spacial score (nSPS) is 11.2. The van der Waals surface area contributed by atoms with Crippen molar-refractivity contribution in [2.45, 2.75) is 11.8 Å². The fourth-order valence-electron chi connectivity index (χ4n) is 1.93. The summed E-state index contributed by atoms with van der Waals surface area (Å²) in [6.07, 6.45) is 1.52. The van der Waals surface area contributed by atoms with Crippen LogP contribution >= 0.6 is 22.7 Å². The predicted molar refractivity (Wildman–Crippen MR) is 96.4 cm³/mol. The lowest BCUT2D eigenvalue weighted by Gasteiger charge is -2.07. The number of anilines is 2. The van der Waals surface area contributed by atoms with Crippen molar-refractivity contribution in [3.63, 3.8) is 0 Å². The molecule has 9 heteroatoms. The molecule has 0 saturated carbocycles. The van der Waals surface area contributed by atoms with Crippen LogP contribution in [0.3, 0.4) is 0 Å². The molecule has 6 nitrogen and oxygen atoms in total. The summed E-state index contributed by atoms with van der Waals surface area (Å²) in [6.45, 7) is 1.93. The molecule has 2 aromatic heterocycles. The molecule has 0 atom stereocenters. The molecule has 2 heterocycles. The van der Waals surface area contributed by atoms with E-state index in [4.69, 9.17) is 0 Å². The molecule has 0 bridgehead atoms. The van der Waals surface area contributed by atoms with Crippen LogP contribution in [0, 0.1) is 6.92 Å². The van der Waals surface area contributed by atoms with Gasteiger partial charge in [-0.25, -0.2) is 13.4 Å². The summed E-state index contributed by atoms with van der Waals surface area (Å²) in [7, 11) is -3.69. The molecule has 0 aliphatic carbocycles. The maximum atomic E-state index is 12.2. The molecule has 0 fully saturated rings. The quantitative estimate of drug-likeness (QED) is 0.709. The molecule has 2 N–H and O–H groups in total. The van der Waals surface area contributed by atoms with Gasteiger partial charge in [0.25, 0.3) is 15.9 Å². The Kier molecular flexibility index (Phi) is 4.65. The molecule has 3 aromatic rings. The van der Waals surface area contributed by atoms with Gasteiger partial charge in [0.1, 0.15) is 0 Å². The largest absolute Gasteiger partial charge is 0.322 e. The van der Waals surface area contributed by atoms with Crippen molar-refractivity contribution < 1.29 is 13.2 Å². The predicted octanol–water partition coefficient (Wildman–Crippen LogP) is 3.57. The summed E-state index contributed by atoms with van der Waals surface area (Å²) in [5.41, 5.74) is 1.11. The Morgan fingerprint density at radius 1 is 1.17 bits per heavy atom. The number of aromatic nitrogens is 1. The van der Waals surface area contributed by atoms with E-state index in [9.17, 15) is 13.2 Å². The van der Waals surface area contributed by atoms with Crippen LogP contribution in [0.25, 0.3) is 0 Å². The number of hydrogen-bond acceptors (Lipinski definition) is 6. The lowest BCUT2D eigenvalue weighted by atomic mass is 10.2. The van der Waals surface area contributed by atoms with Gasteiger partial charge in [-0.3, -0.25) is 9.52 Å². The molecular weight excluding hydrogens is 366 g/mol. The van der Waals surface area contributed by atoms with E-state index in [-0.39, 0.29) is 10.8 Å². The Balaban J connectivity index is 1.72. The fraction of sp³-hybridized carbons (Fsp3) is 0.0667. The minimum absolute atomic E-state index is 0.0991. The van der Waals surface area contributed by atoms with E-state index in [0.29, 0.717) is 16.4 Å². The maximum absolute atomic E-state index is 12.2. The SMILES string of the molecule is Cc1cc(C(=O)Nc2ccc(S(=O)(=O)Nc3nccs3)cc2)cs1. The highest BCUT2D eigenvalue weighted by Gasteiger charge is 2.15. The Morgan fingerprint density at radius 3 is 2.50 bits per heavy atom. The zero-order valence-electron chi connectivity index (χ0n) is 12.5. The zero-order chi connectivity index (χ0) is 17.2. The number of nitrogens with zero attached hydrogens (tertiary/aromatic N) is 1. The lowest BCUT2D eigenvalue weighted by Crippen LogP contribution is -2.13. The van der Waals surface area contributed by atoms with Crippen molar-refractivity contribution in [1.82, 2.24) is 4.98 Å². The second-order valence-electron chi connectivity index (χ2n) is 4.87. The van der Waals surface area contributed by atoms with Gasteiger partial charge in [0.05, 0.1) is 10.5 Å². The van der Waals surface area contributed by atoms with Crippen LogP contribution in [0.15, 0.2) is 52.2 Å². The van der Waals surface area contributed by atoms with Gasteiger partial charge in [-0.2, -0.15) is 0 Å². The Bertz CT molecular complexity index is 946. The summed E-state index contributed by atoms with van der Waals surface area (Å²) in [4.78, 5) is 17.1.